The van der Waals surface area contributed by atoms with Crippen LogP contribution in [0.5, 0.6) is 0 Å². The Hall–Kier alpha value is -1.45. The molecule has 0 saturated heterocycles. The number of pyridine rings is 1. The van der Waals surface area contributed by atoms with Crippen molar-refractivity contribution >= 4 is 5.97 Å². The highest BCUT2D eigenvalue weighted by Gasteiger charge is 2.11. The molecule has 0 amide bonds. The summed E-state index contributed by atoms with van der Waals surface area (Å²) in [6.07, 6.45) is 0.598. The highest BCUT2D eigenvalue weighted by Crippen LogP contribution is 2.06. The summed E-state index contributed by atoms with van der Waals surface area (Å²) in [5.41, 5.74) is 0.0724. The Kier molecular flexibility index (Phi) is 2.38. The van der Waals surface area contributed by atoms with Crippen LogP contribution in [0.1, 0.15) is 23.1 Å². The molecule has 0 radical (unpaired) electrons. The van der Waals surface area contributed by atoms with Gasteiger partial charge in [-0.05, 0) is 18.6 Å². The van der Waals surface area contributed by atoms with Gasteiger partial charge in [-0.25, -0.2) is 14.2 Å². The van der Waals surface area contributed by atoms with Crippen molar-refractivity contribution < 1.29 is 14.3 Å². The number of nitrogens with zero attached hydrogens (tertiary/aromatic N) is 1. The van der Waals surface area contributed by atoms with Crippen LogP contribution < -0.4 is 0 Å². The minimum absolute atomic E-state index is 0.505. The van der Waals surface area contributed by atoms with Crippen molar-refractivity contribution in [3.8, 4) is 0 Å². The van der Waals surface area contributed by atoms with E-state index in [1.54, 1.807) is 0 Å². The van der Waals surface area contributed by atoms with Crippen LogP contribution in [0, 0.1) is 5.82 Å². The van der Waals surface area contributed by atoms with E-state index < -0.39 is 17.5 Å². The molecule has 64 valence electrons. The third-order valence-electron chi connectivity index (χ3n) is 1.47. The van der Waals surface area contributed by atoms with E-state index in [1.165, 1.54) is 6.07 Å². The van der Waals surface area contributed by atoms with E-state index in [1.807, 2.05) is 6.92 Å². The van der Waals surface area contributed by atoms with Gasteiger partial charge in [-0.1, -0.05) is 6.92 Å². The van der Waals surface area contributed by atoms with Gasteiger partial charge in [0.05, 0.1) is 0 Å². The molecular weight excluding hydrogens is 161 g/mol. The average Bonchev–Trinajstić information content (AvgIpc) is 2.05. The van der Waals surface area contributed by atoms with Crippen LogP contribution in [0.25, 0.3) is 0 Å². The number of hydrogen-bond acceptors (Lipinski definition) is 2. The first-order valence-electron chi connectivity index (χ1n) is 3.54. The van der Waals surface area contributed by atoms with E-state index in [0.29, 0.717) is 12.1 Å². The van der Waals surface area contributed by atoms with E-state index in [-0.39, 0.29) is 0 Å². The predicted octanol–water partition coefficient (Wildman–Crippen LogP) is 1.48. The number of rotatable bonds is 2. The van der Waals surface area contributed by atoms with Crippen molar-refractivity contribution in [2.75, 3.05) is 0 Å². The number of hydrogen-bond donors (Lipinski definition) is 1. The number of carboxylic acid groups (broad SMARTS) is 1. The lowest BCUT2D eigenvalue weighted by Crippen LogP contribution is -2.05. The van der Waals surface area contributed by atoms with Gasteiger partial charge in [0.2, 0.25) is 0 Å². The molecule has 1 rings (SSSR count). The maximum absolute atomic E-state index is 12.7. The SMILES string of the molecule is CCc1ccc(F)c(C(=O)O)n1. The molecule has 0 atom stereocenters. The Bertz CT molecular complexity index is 312. The molecule has 4 heteroatoms. The second-order valence-corrected chi connectivity index (χ2v) is 2.29. The topological polar surface area (TPSA) is 50.2 Å². The van der Waals surface area contributed by atoms with Crippen molar-refractivity contribution in [1.82, 2.24) is 4.98 Å². The lowest BCUT2D eigenvalue weighted by Gasteiger charge is -1.98. The normalized spacial score (nSPS) is 9.83. The minimum atomic E-state index is -1.33. The number of carbonyl (C=O) groups is 1. The molecule has 0 unspecified atom stereocenters. The monoisotopic (exact) mass is 169 g/mol. The van der Waals surface area contributed by atoms with Gasteiger partial charge < -0.3 is 5.11 Å². The van der Waals surface area contributed by atoms with Crippen molar-refractivity contribution in [2.45, 2.75) is 13.3 Å². The summed E-state index contributed by atoms with van der Waals surface area (Å²) in [4.78, 5) is 14.0. The second-order valence-electron chi connectivity index (χ2n) is 2.29. The van der Waals surface area contributed by atoms with Crippen LogP contribution in [-0.4, -0.2) is 16.1 Å². The molecule has 0 aliphatic rings. The van der Waals surface area contributed by atoms with E-state index >= 15 is 0 Å². The minimum Gasteiger partial charge on any atom is -0.476 e. The van der Waals surface area contributed by atoms with Gasteiger partial charge in [-0.3, -0.25) is 0 Å². The van der Waals surface area contributed by atoms with E-state index in [2.05, 4.69) is 4.98 Å². The van der Waals surface area contributed by atoms with Crippen LogP contribution in [0.15, 0.2) is 12.1 Å². The molecule has 0 aliphatic heterocycles. The molecule has 0 aliphatic carbocycles. The molecule has 1 aromatic rings. The fourth-order valence-electron chi connectivity index (χ4n) is 0.829. The van der Waals surface area contributed by atoms with Crippen molar-refractivity contribution in [1.29, 1.82) is 0 Å². The van der Waals surface area contributed by atoms with E-state index in [9.17, 15) is 9.18 Å². The third-order valence-corrected chi connectivity index (χ3v) is 1.47. The lowest BCUT2D eigenvalue weighted by molar-refractivity contribution is 0.0684. The number of carboxylic acids is 1. The van der Waals surface area contributed by atoms with Gasteiger partial charge in [0.1, 0.15) is 0 Å². The summed E-state index contributed by atoms with van der Waals surface area (Å²) in [5, 5.41) is 8.48. The number of halogens is 1. The maximum atomic E-state index is 12.7. The first-order chi connectivity index (χ1) is 5.65. The van der Waals surface area contributed by atoms with Crippen LogP contribution in [0.3, 0.4) is 0 Å². The standard InChI is InChI=1S/C8H8FNO2/c1-2-5-3-4-6(9)7(10-5)8(11)12/h3-4H,2H2,1H3,(H,11,12). The Morgan fingerprint density at radius 1 is 1.67 bits per heavy atom. The molecule has 0 bridgehead atoms. The Labute approximate surface area is 68.9 Å². The number of aromatic carboxylic acids is 1. The fourth-order valence-corrected chi connectivity index (χ4v) is 0.829. The fraction of sp³-hybridized carbons (Fsp3) is 0.250. The van der Waals surface area contributed by atoms with Gasteiger partial charge in [-0.2, -0.15) is 0 Å². The molecule has 3 nitrogen and oxygen atoms in total. The molecule has 1 aromatic heterocycles. The van der Waals surface area contributed by atoms with Gasteiger partial charge in [0.15, 0.2) is 11.5 Å². The van der Waals surface area contributed by atoms with Crippen molar-refractivity contribution in [2.24, 2.45) is 0 Å². The average molecular weight is 169 g/mol. The molecule has 0 aromatic carbocycles. The molecule has 0 spiro atoms. The smallest absolute Gasteiger partial charge is 0.357 e. The van der Waals surface area contributed by atoms with Crippen molar-refractivity contribution in [3.05, 3.63) is 29.3 Å². The molecule has 1 N–H and O–H groups in total. The van der Waals surface area contributed by atoms with Crippen LogP contribution in [0.2, 0.25) is 0 Å². The molecule has 0 fully saturated rings. The van der Waals surface area contributed by atoms with Gasteiger partial charge in [0.25, 0.3) is 0 Å². The highest BCUT2D eigenvalue weighted by molar-refractivity contribution is 5.85. The first kappa shape index (κ1) is 8.64. The summed E-state index contributed by atoms with van der Waals surface area (Å²) < 4.78 is 12.7. The molecule has 0 saturated carbocycles. The van der Waals surface area contributed by atoms with Crippen LogP contribution in [-0.2, 0) is 6.42 Å². The molecule has 1 heterocycles. The summed E-state index contributed by atoms with van der Waals surface area (Å²) in [6, 6.07) is 2.59. The first-order valence-corrected chi connectivity index (χ1v) is 3.54. The molecule has 12 heavy (non-hydrogen) atoms. The summed E-state index contributed by atoms with van der Waals surface area (Å²) in [7, 11) is 0. The Morgan fingerprint density at radius 3 is 2.83 bits per heavy atom. The zero-order valence-electron chi connectivity index (χ0n) is 6.54. The lowest BCUT2D eigenvalue weighted by atomic mass is 10.2. The summed E-state index contributed by atoms with van der Waals surface area (Å²) in [5.74, 6) is -2.12. The predicted molar refractivity (Wildman–Crippen MR) is 40.5 cm³/mol. The number of aromatic nitrogens is 1. The third kappa shape index (κ3) is 1.58. The van der Waals surface area contributed by atoms with Gasteiger partial charge in [-0.15, -0.1) is 0 Å². The summed E-state index contributed by atoms with van der Waals surface area (Å²) >= 11 is 0. The maximum Gasteiger partial charge on any atom is 0.357 e. The Morgan fingerprint density at radius 2 is 2.33 bits per heavy atom. The van der Waals surface area contributed by atoms with Crippen LogP contribution in [0.4, 0.5) is 4.39 Å². The number of aryl methyl sites for hydroxylation is 1. The second kappa shape index (κ2) is 3.30. The van der Waals surface area contributed by atoms with Crippen molar-refractivity contribution in [3.63, 3.8) is 0 Å². The Balaban J connectivity index is 3.17. The van der Waals surface area contributed by atoms with Gasteiger partial charge >= 0.3 is 5.97 Å². The largest absolute Gasteiger partial charge is 0.476 e. The zero-order chi connectivity index (χ0) is 9.14. The van der Waals surface area contributed by atoms with E-state index in [0.717, 1.165) is 6.07 Å². The van der Waals surface area contributed by atoms with E-state index in [4.69, 9.17) is 5.11 Å². The summed E-state index contributed by atoms with van der Waals surface area (Å²) in [6.45, 7) is 1.83. The zero-order valence-corrected chi connectivity index (χ0v) is 6.54. The molecular formula is C8H8FNO2. The van der Waals surface area contributed by atoms with Crippen LogP contribution >= 0.6 is 0 Å². The van der Waals surface area contributed by atoms with Gasteiger partial charge in [0, 0.05) is 5.69 Å². The highest BCUT2D eigenvalue weighted by atomic mass is 19.1. The quantitative estimate of drug-likeness (QED) is 0.729.